The van der Waals surface area contributed by atoms with E-state index in [1.807, 2.05) is 0 Å². The molecule has 0 aromatic heterocycles. The number of methoxy groups -OCH3 is 1. The van der Waals surface area contributed by atoms with E-state index < -0.39 is 0 Å². The molecule has 1 aliphatic heterocycles. The Morgan fingerprint density at radius 3 is 2.80 bits per heavy atom. The van der Waals surface area contributed by atoms with Crippen LogP contribution < -0.4 is 5.32 Å². The lowest BCUT2D eigenvalue weighted by atomic mass is 9.97. The van der Waals surface area contributed by atoms with Gasteiger partial charge in [-0.3, -0.25) is 0 Å². The predicted molar refractivity (Wildman–Crippen MR) is 62.1 cm³/mol. The van der Waals surface area contributed by atoms with Gasteiger partial charge in [0.25, 0.3) is 0 Å². The average molecular weight is 215 g/mol. The summed E-state index contributed by atoms with van der Waals surface area (Å²) >= 11 is 0. The second-order valence-corrected chi connectivity index (χ2v) is 4.31. The Balaban J connectivity index is 1.79. The Morgan fingerprint density at radius 1 is 1.20 bits per heavy atom. The van der Waals surface area contributed by atoms with Crippen LogP contribution in [0.5, 0.6) is 0 Å². The Bertz CT molecular complexity index is 136. The Hall–Kier alpha value is -0.120. The zero-order valence-corrected chi connectivity index (χ0v) is 9.96. The van der Waals surface area contributed by atoms with E-state index in [0.717, 1.165) is 38.6 Å². The molecule has 0 spiro atoms. The van der Waals surface area contributed by atoms with Crippen molar-refractivity contribution in [3.8, 4) is 0 Å². The summed E-state index contributed by atoms with van der Waals surface area (Å²) in [5.41, 5.74) is 0. The fourth-order valence-electron chi connectivity index (χ4n) is 1.97. The number of ether oxygens (including phenoxy) is 2. The van der Waals surface area contributed by atoms with Crippen LogP contribution in [0.3, 0.4) is 0 Å². The van der Waals surface area contributed by atoms with Gasteiger partial charge in [-0.15, -0.1) is 0 Å². The first-order valence-electron chi connectivity index (χ1n) is 6.21. The minimum atomic E-state index is 0.845. The quantitative estimate of drug-likeness (QED) is 0.627. The molecule has 1 fully saturated rings. The van der Waals surface area contributed by atoms with E-state index >= 15 is 0 Å². The standard InChI is InChI=1S/C12H25NO2/c1-14-8-2-3-9-15-10-6-12-5-4-7-13-11-12/h12-13H,2-11H2,1H3. The first kappa shape index (κ1) is 12.9. The molecular formula is C12H25NO2. The highest BCUT2D eigenvalue weighted by Crippen LogP contribution is 2.13. The molecule has 15 heavy (non-hydrogen) atoms. The monoisotopic (exact) mass is 215 g/mol. The van der Waals surface area contributed by atoms with Crippen LogP contribution >= 0.6 is 0 Å². The van der Waals surface area contributed by atoms with Crippen LogP contribution in [0.15, 0.2) is 0 Å². The molecule has 1 heterocycles. The molecule has 3 nitrogen and oxygen atoms in total. The van der Waals surface area contributed by atoms with Gasteiger partial charge < -0.3 is 14.8 Å². The van der Waals surface area contributed by atoms with Gasteiger partial charge in [-0.25, -0.2) is 0 Å². The van der Waals surface area contributed by atoms with Crippen LogP contribution in [-0.2, 0) is 9.47 Å². The van der Waals surface area contributed by atoms with Gasteiger partial charge in [-0.05, 0) is 51.1 Å². The van der Waals surface area contributed by atoms with Crippen molar-refractivity contribution >= 4 is 0 Å². The van der Waals surface area contributed by atoms with Crippen molar-refractivity contribution in [1.82, 2.24) is 5.32 Å². The highest BCUT2D eigenvalue weighted by atomic mass is 16.5. The summed E-state index contributed by atoms with van der Waals surface area (Å²) in [6, 6.07) is 0. The van der Waals surface area contributed by atoms with E-state index in [-0.39, 0.29) is 0 Å². The van der Waals surface area contributed by atoms with E-state index in [1.165, 1.54) is 32.4 Å². The number of nitrogens with one attached hydrogen (secondary N) is 1. The van der Waals surface area contributed by atoms with Crippen molar-refractivity contribution < 1.29 is 9.47 Å². The van der Waals surface area contributed by atoms with E-state index in [9.17, 15) is 0 Å². The highest BCUT2D eigenvalue weighted by Gasteiger charge is 2.11. The predicted octanol–water partition coefficient (Wildman–Crippen LogP) is 1.82. The number of hydrogen-bond acceptors (Lipinski definition) is 3. The molecule has 0 saturated carbocycles. The summed E-state index contributed by atoms with van der Waals surface area (Å²) in [5, 5.41) is 3.43. The molecule has 0 amide bonds. The molecule has 90 valence electrons. The average Bonchev–Trinajstić information content (AvgIpc) is 2.29. The molecule has 0 aromatic rings. The summed E-state index contributed by atoms with van der Waals surface area (Å²) in [7, 11) is 1.75. The lowest BCUT2D eigenvalue weighted by Gasteiger charge is -2.22. The van der Waals surface area contributed by atoms with Crippen molar-refractivity contribution in [2.24, 2.45) is 5.92 Å². The van der Waals surface area contributed by atoms with Gasteiger partial charge in [0.1, 0.15) is 0 Å². The molecule has 1 rings (SSSR count). The van der Waals surface area contributed by atoms with E-state index in [0.29, 0.717) is 0 Å². The third-order valence-electron chi connectivity index (χ3n) is 2.96. The molecule has 0 aromatic carbocycles. The zero-order chi connectivity index (χ0) is 10.8. The van der Waals surface area contributed by atoms with Crippen LogP contribution in [0.1, 0.15) is 32.1 Å². The van der Waals surface area contributed by atoms with Crippen molar-refractivity contribution in [3.63, 3.8) is 0 Å². The largest absolute Gasteiger partial charge is 0.385 e. The molecule has 3 heteroatoms. The van der Waals surface area contributed by atoms with Gasteiger partial charge in [0.15, 0.2) is 0 Å². The lowest BCUT2D eigenvalue weighted by molar-refractivity contribution is 0.104. The van der Waals surface area contributed by atoms with Crippen LogP contribution in [0.25, 0.3) is 0 Å². The molecule has 1 N–H and O–H groups in total. The van der Waals surface area contributed by atoms with Crippen molar-refractivity contribution in [1.29, 1.82) is 0 Å². The number of piperidine rings is 1. The number of unbranched alkanes of at least 4 members (excludes halogenated alkanes) is 1. The fourth-order valence-corrected chi connectivity index (χ4v) is 1.97. The van der Waals surface area contributed by atoms with Gasteiger partial charge in [0.05, 0.1) is 0 Å². The maximum Gasteiger partial charge on any atom is 0.0469 e. The van der Waals surface area contributed by atoms with Gasteiger partial charge in [-0.1, -0.05) is 0 Å². The van der Waals surface area contributed by atoms with E-state index in [4.69, 9.17) is 9.47 Å². The molecular weight excluding hydrogens is 190 g/mol. The van der Waals surface area contributed by atoms with Crippen LogP contribution in [-0.4, -0.2) is 40.0 Å². The van der Waals surface area contributed by atoms with E-state index in [1.54, 1.807) is 7.11 Å². The third kappa shape index (κ3) is 6.88. The van der Waals surface area contributed by atoms with Crippen molar-refractivity contribution in [3.05, 3.63) is 0 Å². The highest BCUT2D eigenvalue weighted by molar-refractivity contribution is 4.68. The van der Waals surface area contributed by atoms with Crippen LogP contribution in [0, 0.1) is 5.92 Å². The minimum absolute atomic E-state index is 0.845. The van der Waals surface area contributed by atoms with Gasteiger partial charge in [-0.2, -0.15) is 0 Å². The fraction of sp³-hybridized carbons (Fsp3) is 1.00. The van der Waals surface area contributed by atoms with E-state index in [2.05, 4.69) is 5.32 Å². The summed E-state index contributed by atoms with van der Waals surface area (Å²) < 4.78 is 10.6. The van der Waals surface area contributed by atoms with Crippen LogP contribution in [0.2, 0.25) is 0 Å². The second kappa shape index (κ2) is 9.13. The topological polar surface area (TPSA) is 30.5 Å². The molecule has 0 bridgehead atoms. The minimum Gasteiger partial charge on any atom is -0.385 e. The summed E-state index contributed by atoms with van der Waals surface area (Å²) in [4.78, 5) is 0. The zero-order valence-electron chi connectivity index (χ0n) is 9.96. The Morgan fingerprint density at radius 2 is 2.07 bits per heavy atom. The number of rotatable bonds is 8. The molecule has 0 radical (unpaired) electrons. The summed E-state index contributed by atoms with van der Waals surface area (Å²) in [5.74, 6) is 0.845. The molecule has 1 aliphatic rings. The molecule has 1 atom stereocenters. The second-order valence-electron chi connectivity index (χ2n) is 4.31. The summed E-state index contributed by atoms with van der Waals surface area (Å²) in [6.07, 6.45) is 6.16. The molecule has 0 aliphatic carbocycles. The third-order valence-corrected chi connectivity index (χ3v) is 2.96. The normalized spacial score (nSPS) is 21.8. The first-order valence-corrected chi connectivity index (χ1v) is 6.21. The smallest absolute Gasteiger partial charge is 0.0469 e. The van der Waals surface area contributed by atoms with Crippen molar-refractivity contribution in [2.45, 2.75) is 32.1 Å². The first-order chi connectivity index (χ1) is 7.43. The van der Waals surface area contributed by atoms with Gasteiger partial charge in [0.2, 0.25) is 0 Å². The maximum absolute atomic E-state index is 5.60. The van der Waals surface area contributed by atoms with Gasteiger partial charge >= 0.3 is 0 Å². The Kier molecular flexibility index (Phi) is 7.88. The summed E-state index contributed by atoms with van der Waals surface area (Å²) in [6.45, 7) is 5.07. The SMILES string of the molecule is COCCCCOCCC1CCCNC1. The molecule has 1 saturated heterocycles. The molecule has 1 unspecified atom stereocenters. The Labute approximate surface area is 93.5 Å². The van der Waals surface area contributed by atoms with Crippen molar-refractivity contribution in [2.75, 3.05) is 40.0 Å². The van der Waals surface area contributed by atoms with Gasteiger partial charge in [0, 0.05) is 26.9 Å². The van der Waals surface area contributed by atoms with Crippen LogP contribution in [0.4, 0.5) is 0 Å². The maximum atomic E-state index is 5.60. The number of hydrogen-bond donors (Lipinski definition) is 1. The lowest BCUT2D eigenvalue weighted by Crippen LogP contribution is -2.30.